The Hall–Kier alpha value is -3.52. The lowest BCUT2D eigenvalue weighted by Gasteiger charge is -2.13. The van der Waals surface area contributed by atoms with Crippen molar-refractivity contribution < 1.29 is 14.7 Å². The molecule has 0 bridgehead atoms. The number of amides is 2. The first-order valence-corrected chi connectivity index (χ1v) is 8.01. The standard InChI is InChI=1S/C18H15N5O3/c24-9-8-23-16(25)10-14(17(23)26)20-13-4-2-12(3-5-13)15-11-22-7-1-6-19-18(22)21-15/h1-7,10-11,20,24H,8-9H2. The van der Waals surface area contributed by atoms with Crippen LogP contribution in [0.5, 0.6) is 0 Å². The van der Waals surface area contributed by atoms with Crippen LogP contribution in [0.3, 0.4) is 0 Å². The Kier molecular flexibility index (Phi) is 3.94. The number of aromatic nitrogens is 3. The van der Waals surface area contributed by atoms with Crippen LogP contribution < -0.4 is 5.32 Å². The molecule has 4 rings (SSSR count). The normalized spacial score (nSPS) is 14.2. The molecule has 130 valence electrons. The second-order valence-electron chi connectivity index (χ2n) is 5.73. The number of β-amino-alcohol motifs (C(OH)–C–C–N with tert-alkyl or cyclic N) is 1. The Bertz CT molecular complexity index is 990. The van der Waals surface area contributed by atoms with Gasteiger partial charge in [0, 0.05) is 35.9 Å². The smallest absolute Gasteiger partial charge is 0.277 e. The zero-order valence-corrected chi connectivity index (χ0v) is 13.7. The number of nitrogens with one attached hydrogen (secondary N) is 1. The van der Waals surface area contributed by atoms with Crippen LogP contribution in [0.1, 0.15) is 0 Å². The summed E-state index contributed by atoms with van der Waals surface area (Å²) in [5.41, 5.74) is 2.56. The van der Waals surface area contributed by atoms with Crippen molar-refractivity contribution in [2.75, 3.05) is 18.5 Å². The van der Waals surface area contributed by atoms with E-state index in [4.69, 9.17) is 5.11 Å². The van der Waals surface area contributed by atoms with Gasteiger partial charge in [-0.3, -0.25) is 18.9 Å². The van der Waals surface area contributed by atoms with Gasteiger partial charge in [0.25, 0.3) is 11.8 Å². The monoisotopic (exact) mass is 349 g/mol. The summed E-state index contributed by atoms with van der Waals surface area (Å²) in [6.45, 7) is -0.276. The molecule has 0 fully saturated rings. The lowest BCUT2D eigenvalue weighted by molar-refractivity contribution is -0.137. The van der Waals surface area contributed by atoms with Crippen molar-refractivity contribution in [2.45, 2.75) is 0 Å². The van der Waals surface area contributed by atoms with E-state index in [2.05, 4.69) is 15.3 Å². The number of anilines is 1. The Morgan fingerprint density at radius 1 is 1.15 bits per heavy atom. The van der Waals surface area contributed by atoms with Crippen molar-refractivity contribution in [2.24, 2.45) is 0 Å². The fourth-order valence-electron chi connectivity index (χ4n) is 2.76. The number of nitrogens with zero attached hydrogens (tertiary/aromatic N) is 4. The molecular formula is C18H15N5O3. The van der Waals surface area contributed by atoms with Crippen LogP contribution in [0.15, 0.2) is 60.7 Å². The molecule has 0 saturated carbocycles. The summed E-state index contributed by atoms with van der Waals surface area (Å²) in [4.78, 5) is 33.6. The lowest BCUT2D eigenvalue weighted by atomic mass is 10.1. The number of carbonyl (C=O) groups excluding carboxylic acids is 2. The minimum Gasteiger partial charge on any atom is -0.395 e. The van der Waals surface area contributed by atoms with Gasteiger partial charge in [0.05, 0.1) is 18.8 Å². The molecule has 0 atom stereocenters. The van der Waals surface area contributed by atoms with Crippen molar-refractivity contribution in [1.82, 2.24) is 19.3 Å². The van der Waals surface area contributed by atoms with E-state index in [1.807, 2.05) is 35.0 Å². The molecule has 1 aliphatic heterocycles. The highest BCUT2D eigenvalue weighted by Crippen LogP contribution is 2.22. The number of aliphatic hydroxyl groups excluding tert-OH is 1. The minimum atomic E-state index is -0.445. The molecule has 1 aromatic carbocycles. The maximum Gasteiger partial charge on any atom is 0.277 e. The second kappa shape index (κ2) is 6.41. The van der Waals surface area contributed by atoms with E-state index >= 15 is 0 Å². The number of aliphatic hydroxyl groups is 1. The third kappa shape index (κ3) is 2.82. The zero-order valence-electron chi connectivity index (χ0n) is 13.7. The molecule has 8 heteroatoms. The van der Waals surface area contributed by atoms with Crippen LogP contribution in [0.25, 0.3) is 17.0 Å². The lowest BCUT2D eigenvalue weighted by Crippen LogP contribution is -2.34. The van der Waals surface area contributed by atoms with Gasteiger partial charge in [-0.25, -0.2) is 9.97 Å². The summed E-state index contributed by atoms with van der Waals surface area (Å²) in [6.07, 6.45) is 6.69. The quantitative estimate of drug-likeness (QED) is 0.668. The first-order chi connectivity index (χ1) is 12.7. The average Bonchev–Trinajstić information content (AvgIpc) is 3.19. The SMILES string of the molecule is O=C1C=C(Nc2ccc(-c3cn4cccnc4n3)cc2)C(=O)N1CCO. The predicted octanol–water partition coefficient (Wildman–Crippen LogP) is 1.05. The molecule has 0 aliphatic carbocycles. The van der Waals surface area contributed by atoms with Crippen LogP contribution in [0, 0.1) is 0 Å². The molecule has 2 amide bonds. The fourth-order valence-corrected chi connectivity index (χ4v) is 2.76. The third-order valence-electron chi connectivity index (χ3n) is 4.03. The van der Waals surface area contributed by atoms with E-state index < -0.39 is 11.8 Å². The maximum atomic E-state index is 12.1. The van der Waals surface area contributed by atoms with Gasteiger partial charge < -0.3 is 10.4 Å². The largest absolute Gasteiger partial charge is 0.395 e. The number of fused-ring (bicyclic) bond motifs is 1. The highest BCUT2D eigenvalue weighted by Gasteiger charge is 2.30. The van der Waals surface area contributed by atoms with Crippen molar-refractivity contribution in [1.29, 1.82) is 0 Å². The molecule has 3 heterocycles. The van der Waals surface area contributed by atoms with Crippen LogP contribution >= 0.6 is 0 Å². The van der Waals surface area contributed by atoms with Crippen molar-refractivity contribution >= 4 is 23.3 Å². The van der Waals surface area contributed by atoms with Crippen LogP contribution in [-0.4, -0.2) is 49.3 Å². The second-order valence-corrected chi connectivity index (χ2v) is 5.73. The van der Waals surface area contributed by atoms with Crippen molar-refractivity contribution in [3.05, 3.63) is 60.7 Å². The number of benzene rings is 1. The topological polar surface area (TPSA) is 99.8 Å². The number of imidazole rings is 1. The van der Waals surface area contributed by atoms with E-state index in [1.165, 1.54) is 6.08 Å². The zero-order chi connectivity index (χ0) is 18.1. The van der Waals surface area contributed by atoms with Gasteiger partial charge in [0.2, 0.25) is 5.78 Å². The molecule has 26 heavy (non-hydrogen) atoms. The molecule has 0 radical (unpaired) electrons. The molecule has 0 saturated heterocycles. The molecule has 8 nitrogen and oxygen atoms in total. The van der Waals surface area contributed by atoms with Gasteiger partial charge in [0.1, 0.15) is 5.70 Å². The van der Waals surface area contributed by atoms with Crippen LogP contribution in [-0.2, 0) is 9.59 Å². The summed E-state index contributed by atoms with van der Waals surface area (Å²) in [5.74, 6) is -0.256. The predicted molar refractivity (Wildman–Crippen MR) is 93.9 cm³/mol. The Morgan fingerprint density at radius 3 is 2.69 bits per heavy atom. The molecular weight excluding hydrogens is 334 g/mol. The van der Waals surface area contributed by atoms with E-state index in [-0.39, 0.29) is 18.8 Å². The van der Waals surface area contributed by atoms with Gasteiger partial charge in [-0.1, -0.05) is 12.1 Å². The van der Waals surface area contributed by atoms with E-state index in [9.17, 15) is 9.59 Å². The average molecular weight is 349 g/mol. The number of imide groups is 1. The molecule has 3 aromatic rings. The van der Waals surface area contributed by atoms with Crippen LogP contribution in [0.4, 0.5) is 5.69 Å². The number of hydrogen-bond acceptors (Lipinski definition) is 6. The summed E-state index contributed by atoms with van der Waals surface area (Å²) in [6, 6.07) is 9.19. The summed E-state index contributed by atoms with van der Waals surface area (Å²) < 4.78 is 1.84. The number of rotatable bonds is 5. The van der Waals surface area contributed by atoms with Crippen molar-refractivity contribution in [3.8, 4) is 11.3 Å². The van der Waals surface area contributed by atoms with E-state index in [0.717, 1.165) is 16.2 Å². The maximum absolute atomic E-state index is 12.1. The minimum absolute atomic E-state index is 0.0137. The van der Waals surface area contributed by atoms with Gasteiger partial charge in [-0.05, 0) is 18.2 Å². The molecule has 2 N–H and O–H groups in total. The molecule has 2 aromatic heterocycles. The fraction of sp³-hybridized carbons (Fsp3) is 0.111. The van der Waals surface area contributed by atoms with Crippen molar-refractivity contribution in [3.63, 3.8) is 0 Å². The number of hydrogen-bond donors (Lipinski definition) is 2. The first kappa shape index (κ1) is 16.0. The molecule has 0 spiro atoms. The van der Waals surface area contributed by atoms with E-state index in [0.29, 0.717) is 11.5 Å². The third-order valence-corrected chi connectivity index (χ3v) is 4.03. The van der Waals surface area contributed by atoms with E-state index in [1.54, 1.807) is 18.3 Å². The number of carbonyl (C=O) groups is 2. The Labute approximate surface area is 148 Å². The van der Waals surface area contributed by atoms with Gasteiger partial charge in [-0.2, -0.15) is 0 Å². The Balaban J connectivity index is 1.52. The van der Waals surface area contributed by atoms with Crippen LogP contribution in [0.2, 0.25) is 0 Å². The Morgan fingerprint density at radius 2 is 1.96 bits per heavy atom. The first-order valence-electron chi connectivity index (χ1n) is 8.01. The van der Waals surface area contributed by atoms with Gasteiger partial charge >= 0.3 is 0 Å². The molecule has 0 unspecified atom stereocenters. The molecule has 1 aliphatic rings. The van der Waals surface area contributed by atoms with Gasteiger partial charge in [0.15, 0.2) is 0 Å². The highest BCUT2D eigenvalue weighted by atomic mass is 16.3. The summed E-state index contributed by atoms with van der Waals surface area (Å²) >= 11 is 0. The summed E-state index contributed by atoms with van der Waals surface area (Å²) in [7, 11) is 0. The summed E-state index contributed by atoms with van der Waals surface area (Å²) in [5, 5.41) is 11.9. The highest BCUT2D eigenvalue weighted by molar-refractivity contribution is 6.17. The van der Waals surface area contributed by atoms with Gasteiger partial charge in [-0.15, -0.1) is 0 Å².